The largest absolute Gasteiger partial charge is 0.314 e. The van der Waals surface area contributed by atoms with E-state index in [4.69, 9.17) is 11.6 Å². The standard InChI is InChI=1S/C19H28ClN/c1-14-4-2-5-15(10-14)8-9-21-19-12-17(13-19)16-6-3-7-18(20)11-16/h3,6-7,11,14-15,17,19,21H,2,4-5,8-10,12-13H2,1H3. The van der Waals surface area contributed by atoms with Gasteiger partial charge in [-0.05, 0) is 67.7 Å². The van der Waals surface area contributed by atoms with Gasteiger partial charge in [0.25, 0.3) is 0 Å². The van der Waals surface area contributed by atoms with Gasteiger partial charge < -0.3 is 5.32 Å². The van der Waals surface area contributed by atoms with Gasteiger partial charge in [0.1, 0.15) is 0 Å². The zero-order chi connectivity index (χ0) is 14.7. The molecule has 2 aliphatic carbocycles. The SMILES string of the molecule is CC1CCCC(CCNC2CC(c3cccc(Cl)c3)C2)C1. The van der Waals surface area contributed by atoms with Crippen molar-refractivity contribution < 1.29 is 0 Å². The second kappa shape index (κ2) is 7.15. The van der Waals surface area contributed by atoms with Gasteiger partial charge in [-0.1, -0.05) is 49.9 Å². The predicted octanol–water partition coefficient (Wildman–Crippen LogP) is 5.39. The van der Waals surface area contributed by atoms with Gasteiger partial charge in [0.05, 0.1) is 0 Å². The summed E-state index contributed by atoms with van der Waals surface area (Å²) < 4.78 is 0. The molecule has 0 aliphatic heterocycles. The summed E-state index contributed by atoms with van der Waals surface area (Å²) in [5, 5.41) is 4.63. The first-order valence-corrected chi connectivity index (χ1v) is 9.07. The van der Waals surface area contributed by atoms with Crippen LogP contribution in [0.1, 0.15) is 63.4 Å². The fourth-order valence-corrected chi connectivity index (χ4v) is 4.33. The molecule has 2 saturated carbocycles. The van der Waals surface area contributed by atoms with Gasteiger partial charge in [-0.2, -0.15) is 0 Å². The molecule has 3 rings (SSSR count). The Morgan fingerprint density at radius 1 is 1.19 bits per heavy atom. The summed E-state index contributed by atoms with van der Waals surface area (Å²) in [6.45, 7) is 3.63. The molecule has 0 aromatic heterocycles. The van der Waals surface area contributed by atoms with E-state index in [9.17, 15) is 0 Å². The first-order chi connectivity index (χ1) is 10.2. The molecule has 2 fully saturated rings. The fourth-order valence-electron chi connectivity index (χ4n) is 4.13. The monoisotopic (exact) mass is 305 g/mol. The number of hydrogen-bond acceptors (Lipinski definition) is 1. The molecule has 21 heavy (non-hydrogen) atoms. The van der Waals surface area contributed by atoms with Gasteiger partial charge in [0.2, 0.25) is 0 Å². The Morgan fingerprint density at radius 2 is 2.05 bits per heavy atom. The number of hydrogen-bond donors (Lipinski definition) is 1. The van der Waals surface area contributed by atoms with E-state index in [0.29, 0.717) is 0 Å². The Hall–Kier alpha value is -0.530. The second-order valence-corrected chi connectivity index (χ2v) is 7.74. The van der Waals surface area contributed by atoms with Crippen molar-refractivity contribution in [2.24, 2.45) is 11.8 Å². The summed E-state index contributed by atoms with van der Waals surface area (Å²) in [4.78, 5) is 0. The van der Waals surface area contributed by atoms with E-state index in [0.717, 1.165) is 28.8 Å². The van der Waals surface area contributed by atoms with Crippen molar-refractivity contribution in [3.05, 3.63) is 34.9 Å². The highest BCUT2D eigenvalue weighted by atomic mass is 35.5. The highest BCUT2D eigenvalue weighted by Crippen LogP contribution is 2.38. The Morgan fingerprint density at radius 3 is 2.81 bits per heavy atom. The normalized spacial score (nSPS) is 32.7. The van der Waals surface area contributed by atoms with E-state index in [1.54, 1.807) is 0 Å². The smallest absolute Gasteiger partial charge is 0.0408 e. The van der Waals surface area contributed by atoms with E-state index in [2.05, 4.69) is 30.4 Å². The zero-order valence-electron chi connectivity index (χ0n) is 13.2. The Balaban J connectivity index is 1.34. The summed E-state index contributed by atoms with van der Waals surface area (Å²) >= 11 is 6.07. The van der Waals surface area contributed by atoms with E-state index >= 15 is 0 Å². The summed E-state index contributed by atoms with van der Waals surface area (Å²) in [7, 11) is 0. The number of benzene rings is 1. The minimum Gasteiger partial charge on any atom is -0.314 e. The quantitative estimate of drug-likeness (QED) is 0.769. The minimum absolute atomic E-state index is 0.718. The number of nitrogens with one attached hydrogen (secondary N) is 1. The predicted molar refractivity (Wildman–Crippen MR) is 91.0 cm³/mol. The minimum atomic E-state index is 0.718. The average Bonchev–Trinajstić information content (AvgIpc) is 2.41. The van der Waals surface area contributed by atoms with E-state index in [1.807, 2.05) is 6.07 Å². The van der Waals surface area contributed by atoms with Crippen molar-refractivity contribution in [1.29, 1.82) is 0 Å². The summed E-state index contributed by atoms with van der Waals surface area (Å²) in [5.74, 6) is 2.65. The maximum atomic E-state index is 6.07. The molecule has 1 aromatic rings. The molecule has 0 amide bonds. The highest BCUT2D eigenvalue weighted by molar-refractivity contribution is 6.30. The van der Waals surface area contributed by atoms with Crippen LogP contribution >= 0.6 is 11.6 Å². The maximum Gasteiger partial charge on any atom is 0.0408 e. The van der Waals surface area contributed by atoms with E-state index < -0.39 is 0 Å². The van der Waals surface area contributed by atoms with E-state index in [-0.39, 0.29) is 0 Å². The van der Waals surface area contributed by atoms with Gasteiger partial charge in [0.15, 0.2) is 0 Å². The fraction of sp³-hybridized carbons (Fsp3) is 0.684. The molecule has 2 unspecified atom stereocenters. The Labute approximate surface area is 134 Å². The summed E-state index contributed by atoms with van der Waals surface area (Å²) in [5.41, 5.74) is 1.42. The van der Waals surface area contributed by atoms with Gasteiger partial charge in [0, 0.05) is 11.1 Å². The molecule has 0 spiro atoms. The number of rotatable bonds is 5. The second-order valence-electron chi connectivity index (χ2n) is 7.30. The van der Waals surface area contributed by atoms with E-state index in [1.165, 1.54) is 57.1 Å². The van der Waals surface area contributed by atoms with Crippen molar-refractivity contribution in [2.45, 2.75) is 63.8 Å². The van der Waals surface area contributed by atoms with Crippen LogP contribution in [0.5, 0.6) is 0 Å². The van der Waals surface area contributed by atoms with Crippen molar-refractivity contribution in [1.82, 2.24) is 5.32 Å². The summed E-state index contributed by atoms with van der Waals surface area (Å²) in [6, 6.07) is 9.12. The lowest BCUT2D eigenvalue weighted by molar-refractivity contribution is 0.246. The molecule has 1 N–H and O–H groups in total. The van der Waals surface area contributed by atoms with Gasteiger partial charge in [-0.15, -0.1) is 0 Å². The first kappa shape index (κ1) is 15.4. The molecule has 0 radical (unpaired) electrons. The molecule has 2 atom stereocenters. The summed E-state index contributed by atoms with van der Waals surface area (Å²) in [6.07, 6.45) is 9.75. The Kier molecular flexibility index (Phi) is 5.24. The van der Waals surface area contributed by atoms with Gasteiger partial charge in [-0.3, -0.25) is 0 Å². The van der Waals surface area contributed by atoms with Crippen LogP contribution in [0.4, 0.5) is 0 Å². The molecule has 0 bridgehead atoms. The molecule has 0 heterocycles. The molecule has 116 valence electrons. The zero-order valence-corrected chi connectivity index (χ0v) is 13.9. The average molecular weight is 306 g/mol. The maximum absolute atomic E-state index is 6.07. The van der Waals surface area contributed by atoms with Crippen molar-refractivity contribution in [2.75, 3.05) is 6.54 Å². The Bertz CT molecular complexity index is 453. The lowest BCUT2D eigenvalue weighted by Gasteiger charge is -2.37. The van der Waals surface area contributed by atoms with Crippen molar-refractivity contribution in [3.8, 4) is 0 Å². The molecule has 1 nitrogen and oxygen atoms in total. The van der Waals surface area contributed by atoms with Gasteiger partial charge >= 0.3 is 0 Å². The van der Waals surface area contributed by atoms with Crippen LogP contribution in [0.3, 0.4) is 0 Å². The third-order valence-electron chi connectivity index (χ3n) is 5.49. The van der Waals surface area contributed by atoms with Gasteiger partial charge in [-0.25, -0.2) is 0 Å². The highest BCUT2D eigenvalue weighted by Gasteiger charge is 2.30. The van der Waals surface area contributed by atoms with Crippen molar-refractivity contribution >= 4 is 11.6 Å². The van der Waals surface area contributed by atoms with Crippen LogP contribution in [0.15, 0.2) is 24.3 Å². The lowest BCUT2D eigenvalue weighted by Crippen LogP contribution is -2.41. The third-order valence-corrected chi connectivity index (χ3v) is 5.72. The lowest BCUT2D eigenvalue weighted by atomic mass is 9.75. The van der Waals surface area contributed by atoms with Crippen LogP contribution in [0.2, 0.25) is 5.02 Å². The molecule has 0 saturated heterocycles. The molecular formula is C19H28ClN. The first-order valence-electron chi connectivity index (χ1n) is 8.69. The van der Waals surface area contributed by atoms with Crippen LogP contribution < -0.4 is 5.32 Å². The van der Waals surface area contributed by atoms with Crippen molar-refractivity contribution in [3.63, 3.8) is 0 Å². The van der Waals surface area contributed by atoms with Crippen LogP contribution in [0.25, 0.3) is 0 Å². The third kappa shape index (κ3) is 4.23. The molecule has 1 aromatic carbocycles. The number of halogens is 1. The topological polar surface area (TPSA) is 12.0 Å². The molecule has 2 heteroatoms. The van der Waals surface area contributed by atoms with Crippen LogP contribution in [-0.4, -0.2) is 12.6 Å². The molecule has 2 aliphatic rings. The van der Waals surface area contributed by atoms with Crippen LogP contribution in [-0.2, 0) is 0 Å². The molecular weight excluding hydrogens is 278 g/mol. The van der Waals surface area contributed by atoms with Crippen LogP contribution in [0, 0.1) is 11.8 Å².